The summed E-state index contributed by atoms with van der Waals surface area (Å²) in [6.07, 6.45) is 5.50. The summed E-state index contributed by atoms with van der Waals surface area (Å²) in [6.45, 7) is 0. The van der Waals surface area contributed by atoms with Crippen molar-refractivity contribution in [2.75, 3.05) is 5.32 Å². The third-order valence-corrected chi connectivity index (χ3v) is 4.15. The van der Waals surface area contributed by atoms with Crippen molar-refractivity contribution in [1.82, 2.24) is 10.2 Å². The van der Waals surface area contributed by atoms with Crippen LogP contribution in [0.1, 0.15) is 30.0 Å². The predicted octanol–water partition coefficient (Wildman–Crippen LogP) is 4.05. The van der Waals surface area contributed by atoms with Gasteiger partial charge in [-0.25, -0.2) is 0 Å². The lowest BCUT2D eigenvalue weighted by Gasteiger charge is -2.27. The summed E-state index contributed by atoms with van der Waals surface area (Å²) < 4.78 is 0. The molecule has 0 radical (unpaired) electrons. The van der Waals surface area contributed by atoms with Gasteiger partial charge in [-0.05, 0) is 48.6 Å². The second-order valence-corrected chi connectivity index (χ2v) is 5.46. The maximum absolute atomic E-state index is 4.07. The number of benzene rings is 2. The largest absolute Gasteiger partial charge is 0.378 e. The number of aryl methyl sites for hydroxylation is 1. The van der Waals surface area contributed by atoms with Gasteiger partial charge in [0, 0.05) is 11.1 Å². The number of hydrogen-bond donors (Lipinski definition) is 2. The van der Waals surface area contributed by atoms with Crippen LogP contribution in [0.2, 0.25) is 0 Å². The van der Waals surface area contributed by atoms with Crippen LogP contribution in [0.4, 0.5) is 5.69 Å². The van der Waals surface area contributed by atoms with Gasteiger partial charge in [0.15, 0.2) is 0 Å². The van der Waals surface area contributed by atoms with Crippen molar-refractivity contribution in [2.24, 2.45) is 0 Å². The maximum atomic E-state index is 4.07. The van der Waals surface area contributed by atoms with Gasteiger partial charge in [0.25, 0.3) is 0 Å². The fourth-order valence-corrected chi connectivity index (χ4v) is 3.13. The van der Waals surface area contributed by atoms with E-state index in [4.69, 9.17) is 0 Å². The summed E-state index contributed by atoms with van der Waals surface area (Å²) in [6, 6.07) is 15.6. The Bertz CT molecular complexity index is 745. The van der Waals surface area contributed by atoms with E-state index in [1.54, 1.807) is 0 Å². The van der Waals surface area contributed by atoms with E-state index in [0.717, 1.165) is 16.6 Å². The minimum absolute atomic E-state index is 0.417. The molecule has 1 atom stereocenters. The summed E-state index contributed by atoms with van der Waals surface area (Å²) in [4.78, 5) is 0. The van der Waals surface area contributed by atoms with Crippen LogP contribution in [0.25, 0.3) is 10.9 Å². The minimum Gasteiger partial charge on any atom is -0.378 e. The molecule has 4 rings (SSSR count). The highest BCUT2D eigenvalue weighted by Gasteiger charge is 2.19. The zero-order valence-corrected chi connectivity index (χ0v) is 11.3. The molecule has 0 bridgehead atoms. The lowest BCUT2D eigenvalue weighted by molar-refractivity contribution is 0.600. The Morgan fingerprint density at radius 2 is 2.10 bits per heavy atom. The van der Waals surface area contributed by atoms with Crippen LogP contribution >= 0.6 is 0 Å². The molecule has 1 heterocycles. The van der Waals surface area contributed by atoms with E-state index >= 15 is 0 Å². The quantitative estimate of drug-likeness (QED) is 0.732. The molecule has 0 amide bonds. The van der Waals surface area contributed by atoms with Gasteiger partial charge in [-0.15, -0.1) is 0 Å². The van der Waals surface area contributed by atoms with Crippen LogP contribution in [0.5, 0.6) is 0 Å². The molecule has 0 aliphatic heterocycles. The topological polar surface area (TPSA) is 40.7 Å². The number of H-pyrrole nitrogens is 1. The van der Waals surface area contributed by atoms with Crippen molar-refractivity contribution in [3.63, 3.8) is 0 Å². The van der Waals surface area contributed by atoms with Crippen LogP contribution in [-0.2, 0) is 6.42 Å². The molecule has 2 aromatic carbocycles. The lowest BCUT2D eigenvalue weighted by Crippen LogP contribution is -2.17. The highest BCUT2D eigenvalue weighted by Crippen LogP contribution is 2.32. The van der Waals surface area contributed by atoms with Crippen LogP contribution in [-0.4, -0.2) is 10.2 Å². The van der Waals surface area contributed by atoms with Crippen molar-refractivity contribution >= 4 is 16.6 Å². The first-order valence-corrected chi connectivity index (χ1v) is 7.18. The zero-order valence-electron chi connectivity index (χ0n) is 11.3. The van der Waals surface area contributed by atoms with E-state index in [2.05, 4.69) is 58.0 Å². The second-order valence-electron chi connectivity index (χ2n) is 5.46. The SMILES string of the molecule is c1ccc2c(c1)CCCC2Nc1ccc2cn[nH]c2c1. The number of anilines is 1. The Balaban J connectivity index is 1.66. The van der Waals surface area contributed by atoms with Crippen LogP contribution in [0, 0.1) is 0 Å². The molecule has 3 aromatic rings. The fraction of sp³-hybridized carbons (Fsp3) is 0.235. The van der Waals surface area contributed by atoms with Crippen LogP contribution in [0.3, 0.4) is 0 Å². The van der Waals surface area contributed by atoms with Crippen molar-refractivity contribution in [1.29, 1.82) is 0 Å². The minimum atomic E-state index is 0.417. The van der Waals surface area contributed by atoms with E-state index in [0.29, 0.717) is 6.04 Å². The summed E-state index contributed by atoms with van der Waals surface area (Å²) in [7, 11) is 0. The van der Waals surface area contributed by atoms with E-state index < -0.39 is 0 Å². The summed E-state index contributed by atoms with van der Waals surface area (Å²) in [5.74, 6) is 0. The number of fused-ring (bicyclic) bond motifs is 2. The van der Waals surface area contributed by atoms with Gasteiger partial charge in [-0.3, -0.25) is 5.10 Å². The second kappa shape index (κ2) is 4.67. The third-order valence-electron chi connectivity index (χ3n) is 4.15. The van der Waals surface area contributed by atoms with Gasteiger partial charge >= 0.3 is 0 Å². The molecule has 0 saturated heterocycles. The molecule has 3 heteroatoms. The first kappa shape index (κ1) is 11.5. The number of aromatic nitrogens is 2. The molecule has 2 N–H and O–H groups in total. The fourth-order valence-electron chi connectivity index (χ4n) is 3.13. The van der Waals surface area contributed by atoms with E-state index in [1.165, 1.54) is 30.4 Å². The van der Waals surface area contributed by atoms with Gasteiger partial charge in [-0.1, -0.05) is 24.3 Å². The molecule has 20 heavy (non-hydrogen) atoms. The molecule has 1 aliphatic rings. The molecule has 0 saturated carbocycles. The normalized spacial score (nSPS) is 17.9. The predicted molar refractivity (Wildman–Crippen MR) is 81.8 cm³/mol. The van der Waals surface area contributed by atoms with E-state index in [1.807, 2.05) is 6.20 Å². The molecule has 1 aromatic heterocycles. The average Bonchev–Trinajstić information content (AvgIpc) is 2.95. The number of nitrogens with zero attached hydrogens (tertiary/aromatic N) is 1. The lowest BCUT2D eigenvalue weighted by atomic mass is 9.87. The smallest absolute Gasteiger partial charge is 0.0670 e. The summed E-state index contributed by atoms with van der Waals surface area (Å²) >= 11 is 0. The molecular weight excluding hydrogens is 246 g/mol. The number of nitrogens with one attached hydrogen (secondary N) is 2. The number of aromatic amines is 1. The third kappa shape index (κ3) is 1.95. The average molecular weight is 263 g/mol. The maximum Gasteiger partial charge on any atom is 0.0670 e. The van der Waals surface area contributed by atoms with Gasteiger partial charge in [0.05, 0.1) is 17.8 Å². The van der Waals surface area contributed by atoms with Crippen molar-refractivity contribution < 1.29 is 0 Å². The number of rotatable bonds is 2. The Morgan fingerprint density at radius 3 is 3.10 bits per heavy atom. The van der Waals surface area contributed by atoms with Gasteiger partial charge in [-0.2, -0.15) is 5.10 Å². The first-order chi connectivity index (χ1) is 9.90. The van der Waals surface area contributed by atoms with Crippen molar-refractivity contribution in [3.8, 4) is 0 Å². The van der Waals surface area contributed by atoms with Gasteiger partial charge in [0.2, 0.25) is 0 Å². The first-order valence-electron chi connectivity index (χ1n) is 7.18. The number of hydrogen-bond acceptors (Lipinski definition) is 2. The highest BCUT2D eigenvalue weighted by molar-refractivity contribution is 5.81. The standard InChI is InChI=1S/C17H17N3/c1-2-6-15-12(4-1)5-3-7-16(15)19-14-9-8-13-11-18-20-17(13)10-14/h1-2,4,6,8-11,16,19H,3,5,7H2,(H,18,20). The van der Waals surface area contributed by atoms with Gasteiger partial charge in [0.1, 0.15) is 0 Å². The van der Waals surface area contributed by atoms with Crippen molar-refractivity contribution in [2.45, 2.75) is 25.3 Å². The zero-order chi connectivity index (χ0) is 13.4. The van der Waals surface area contributed by atoms with Crippen LogP contribution in [0.15, 0.2) is 48.7 Å². The molecule has 1 unspecified atom stereocenters. The molecular formula is C17H17N3. The van der Waals surface area contributed by atoms with Gasteiger partial charge < -0.3 is 5.32 Å². The Kier molecular flexibility index (Phi) is 2.69. The Morgan fingerprint density at radius 1 is 1.15 bits per heavy atom. The molecule has 3 nitrogen and oxygen atoms in total. The Hall–Kier alpha value is -2.29. The Labute approximate surface area is 118 Å². The molecule has 0 fully saturated rings. The van der Waals surface area contributed by atoms with E-state index in [-0.39, 0.29) is 0 Å². The van der Waals surface area contributed by atoms with E-state index in [9.17, 15) is 0 Å². The van der Waals surface area contributed by atoms with Crippen molar-refractivity contribution in [3.05, 3.63) is 59.8 Å². The van der Waals surface area contributed by atoms with Crippen LogP contribution < -0.4 is 5.32 Å². The summed E-state index contributed by atoms with van der Waals surface area (Å²) in [5, 5.41) is 11.9. The molecule has 1 aliphatic carbocycles. The monoisotopic (exact) mass is 263 g/mol. The molecule has 100 valence electrons. The highest BCUT2D eigenvalue weighted by atomic mass is 15.1. The summed E-state index contributed by atoms with van der Waals surface area (Å²) in [5.41, 5.74) is 5.17. The molecule has 0 spiro atoms.